The fourth-order valence-electron chi connectivity index (χ4n) is 4.47. The van der Waals surface area contributed by atoms with Crippen molar-refractivity contribution in [2.45, 2.75) is 41.1 Å². The van der Waals surface area contributed by atoms with Crippen molar-refractivity contribution in [3.8, 4) is 11.5 Å². The van der Waals surface area contributed by atoms with E-state index >= 15 is 0 Å². The lowest BCUT2D eigenvalue weighted by Gasteiger charge is -2.40. The average molecular weight is 496 g/mol. The summed E-state index contributed by atoms with van der Waals surface area (Å²) < 4.78 is 11.6. The predicted octanol–water partition coefficient (Wildman–Crippen LogP) is 4.51. The number of thioether (sulfide) groups is 1. The zero-order valence-electron chi connectivity index (χ0n) is 18.4. The van der Waals surface area contributed by atoms with Crippen molar-refractivity contribution < 1.29 is 24.2 Å². The molecule has 2 aliphatic heterocycles. The third-order valence-electron chi connectivity index (χ3n) is 6.23. The summed E-state index contributed by atoms with van der Waals surface area (Å²) in [5.41, 5.74) is 0.704. The van der Waals surface area contributed by atoms with Gasteiger partial charge in [0.05, 0.1) is 23.6 Å². The van der Waals surface area contributed by atoms with Crippen LogP contribution in [0.3, 0.4) is 0 Å². The van der Waals surface area contributed by atoms with Gasteiger partial charge in [-0.05, 0) is 52.2 Å². The van der Waals surface area contributed by atoms with Gasteiger partial charge in [-0.3, -0.25) is 9.59 Å². The molecule has 2 unspecified atom stereocenters. The van der Waals surface area contributed by atoms with Crippen LogP contribution in [-0.4, -0.2) is 41.4 Å². The second-order valence-corrected chi connectivity index (χ2v) is 10.4. The molecule has 5 rings (SSSR count). The molecule has 34 heavy (non-hydrogen) atoms. The highest BCUT2D eigenvalue weighted by Crippen LogP contribution is 2.42. The maximum atomic E-state index is 13.4. The number of Topliss-reactive ketones (excluding diaryl/α,β-unsaturated/α-hetero) is 1. The Hall–Kier alpha value is -2.81. The summed E-state index contributed by atoms with van der Waals surface area (Å²) in [7, 11) is 0. The molecule has 0 spiro atoms. The highest BCUT2D eigenvalue weighted by Gasteiger charge is 2.47. The fourth-order valence-corrected chi connectivity index (χ4v) is 6.18. The summed E-state index contributed by atoms with van der Waals surface area (Å²) in [6.07, 6.45) is 1.87. The molecule has 2 aromatic carbocycles. The maximum absolute atomic E-state index is 13.4. The molecule has 176 valence electrons. The number of thiophene rings is 1. The van der Waals surface area contributed by atoms with Crippen molar-refractivity contribution in [2.75, 3.05) is 13.2 Å². The highest BCUT2D eigenvalue weighted by molar-refractivity contribution is 8.01. The minimum atomic E-state index is -0.973. The van der Waals surface area contributed by atoms with Crippen molar-refractivity contribution in [1.82, 2.24) is 5.32 Å². The number of hydrogen-bond donors (Lipinski definition) is 2. The number of nitrogens with one attached hydrogen (secondary N) is 1. The molecule has 2 fully saturated rings. The normalized spacial score (nSPS) is 23.5. The zero-order chi connectivity index (χ0) is 23.5. The molecule has 1 aromatic heterocycles. The second kappa shape index (κ2) is 9.82. The van der Waals surface area contributed by atoms with Gasteiger partial charge in [-0.25, -0.2) is 0 Å². The van der Waals surface area contributed by atoms with Crippen LogP contribution in [0.4, 0.5) is 0 Å². The third-order valence-corrected chi connectivity index (χ3v) is 8.22. The summed E-state index contributed by atoms with van der Waals surface area (Å²) >= 11 is 2.60. The Labute approximate surface area is 206 Å². The van der Waals surface area contributed by atoms with Crippen LogP contribution >= 0.6 is 23.1 Å². The Morgan fingerprint density at radius 2 is 1.88 bits per heavy atom. The van der Waals surface area contributed by atoms with Crippen molar-refractivity contribution in [2.24, 2.45) is 0 Å². The lowest BCUT2D eigenvalue weighted by Crippen LogP contribution is -2.57. The van der Waals surface area contributed by atoms with Crippen molar-refractivity contribution in [3.63, 3.8) is 0 Å². The number of carbonyl (C=O) groups is 2. The number of ether oxygens (including phenoxy) is 2. The van der Waals surface area contributed by atoms with E-state index in [1.807, 2.05) is 41.1 Å². The molecule has 2 atom stereocenters. The largest absolute Gasteiger partial charge is 0.507 e. The van der Waals surface area contributed by atoms with Gasteiger partial charge < -0.3 is 19.9 Å². The van der Waals surface area contributed by atoms with Crippen LogP contribution in [0.5, 0.6) is 11.5 Å². The number of aromatic hydroxyl groups is 1. The van der Waals surface area contributed by atoms with Crippen molar-refractivity contribution in [1.29, 1.82) is 0 Å². The topological polar surface area (TPSA) is 84.9 Å². The summed E-state index contributed by atoms with van der Waals surface area (Å²) in [6, 6.07) is 16.3. The highest BCUT2D eigenvalue weighted by atomic mass is 32.2. The number of amides is 1. The minimum Gasteiger partial charge on any atom is -0.507 e. The molecule has 0 aliphatic carbocycles. The van der Waals surface area contributed by atoms with Crippen LogP contribution in [0, 0.1) is 0 Å². The number of piperidine rings is 1. The van der Waals surface area contributed by atoms with Crippen molar-refractivity contribution >= 4 is 34.8 Å². The summed E-state index contributed by atoms with van der Waals surface area (Å²) in [5.74, 6) is 0.220. The molecule has 3 aromatic rings. The van der Waals surface area contributed by atoms with Gasteiger partial charge in [0.15, 0.2) is 5.78 Å². The first kappa shape index (κ1) is 23.0. The Kier molecular flexibility index (Phi) is 6.63. The lowest BCUT2D eigenvalue weighted by atomic mass is 9.77. The van der Waals surface area contributed by atoms with Gasteiger partial charge in [-0.1, -0.05) is 24.3 Å². The van der Waals surface area contributed by atoms with Gasteiger partial charge >= 0.3 is 0 Å². The van der Waals surface area contributed by atoms with Gasteiger partial charge in [0, 0.05) is 19.3 Å². The quantitative estimate of drug-likeness (QED) is 0.490. The van der Waals surface area contributed by atoms with Crippen LogP contribution < -0.4 is 10.1 Å². The molecular weight excluding hydrogens is 470 g/mol. The van der Waals surface area contributed by atoms with E-state index in [-0.39, 0.29) is 30.0 Å². The molecule has 0 radical (unpaired) electrons. The van der Waals surface area contributed by atoms with E-state index < -0.39 is 10.8 Å². The van der Waals surface area contributed by atoms with E-state index in [4.69, 9.17) is 9.47 Å². The van der Waals surface area contributed by atoms with Crippen LogP contribution in [0.25, 0.3) is 0 Å². The van der Waals surface area contributed by atoms with E-state index in [2.05, 4.69) is 5.32 Å². The number of phenolic OH excluding ortho intramolecular Hbond substituents is 1. The minimum absolute atomic E-state index is 0.0562. The van der Waals surface area contributed by atoms with Gasteiger partial charge in [-0.2, -0.15) is 11.3 Å². The Morgan fingerprint density at radius 1 is 1.06 bits per heavy atom. The fraction of sp³-hybridized carbons (Fsp3) is 0.308. The number of benzene rings is 2. The number of ketones is 1. The number of hydrogen-bond acceptors (Lipinski definition) is 7. The van der Waals surface area contributed by atoms with E-state index in [1.165, 1.54) is 11.3 Å². The number of para-hydroxylation sites is 1. The van der Waals surface area contributed by atoms with Crippen LogP contribution in [-0.2, 0) is 19.9 Å². The summed E-state index contributed by atoms with van der Waals surface area (Å²) in [6.45, 7) is 1.37. The molecule has 8 heteroatoms. The first-order valence-electron chi connectivity index (χ1n) is 11.2. The average Bonchev–Trinajstić information content (AvgIpc) is 3.39. The molecule has 6 nitrogen and oxygen atoms in total. The first-order chi connectivity index (χ1) is 16.5. The zero-order valence-corrected chi connectivity index (χ0v) is 20.1. The smallest absolute Gasteiger partial charge is 0.242 e. The molecule has 2 saturated heterocycles. The summed E-state index contributed by atoms with van der Waals surface area (Å²) in [4.78, 5) is 27.2. The number of carbonyl (C=O) groups excluding carboxylic acids is 2. The van der Waals surface area contributed by atoms with E-state index in [9.17, 15) is 14.7 Å². The Morgan fingerprint density at radius 3 is 2.62 bits per heavy atom. The number of phenols is 1. The molecule has 2 aliphatic rings. The summed E-state index contributed by atoms with van der Waals surface area (Å²) in [5, 5.41) is 16.3. The van der Waals surface area contributed by atoms with Crippen molar-refractivity contribution in [3.05, 3.63) is 76.5 Å². The Balaban J connectivity index is 1.45. The van der Waals surface area contributed by atoms with Crippen LogP contribution in [0.2, 0.25) is 0 Å². The molecule has 3 heterocycles. The molecular formula is C26H25NO5S2. The third kappa shape index (κ3) is 4.58. The maximum Gasteiger partial charge on any atom is 0.242 e. The second-order valence-electron chi connectivity index (χ2n) is 8.47. The predicted molar refractivity (Wildman–Crippen MR) is 132 cm³/mol. The molecule has 1 amide bonds. The first-order valence-corrected chi connectivity index (χ1v) is 13.0. The standard InChI is InChI=1S/C26H25NO5S2/c28-21-6-1-2-7-23(21)34-24-22(29)15-26(27-25(24)30,18-10-13-33-16-18)17-4-3-5-20(14-17)32-19-8-11-31-12-9-19/h1-7,10,13-14,16,19,24,28H,8-9,11-12,15H2,(H,27,30). The van der Waals surface area contributed by atoms with Crippen LogP contribution in [0.15, 0.2) is 70.3 Å². The van der Waals surface area contributed by atoms with E-state index in [0.717, 1.165) is 35.7 Å². The van der Waals surface area contributed by atoms with E-state index in [0.29, 0.717) is 23.9 Å². The monoisotopic (exact) mass is 495 g/mol. The Bertz CT molecular complexity index is 1160. The molecule has 0 saturated carbocycles. The van der Waals surface area contributed by atoms with Gasteiger partial charge in [0.2, 0.25) is 5.91 Å². The molecule has 0 bridgehead atoms. The lowest BCUT2D eigenvalue weighted by molar-refractivity contribution is -0.132. The SMILES string of the molecule is O=C1CC(c2ccsc2)(c2cccc(OC3CCOCC3)c2)NC(=O)C1Sc1ccccc1O. The van der Waals surface area contributed by atoms with Gasteiger partial charge in [0.25, 0.3) is 0 Å². The van der Waals surface area contributed by atoms with Gasteiger partial charge in [0.1, 0.15) is 22.9 Å². The van der Waals surface area contributed by atoms with Crippen LogP contribution in [0.1, 0.15) is 30.4 Å². The molecule has 2 N–H and O–H groups in total. The van der Waals surface area contributed by atoms with E-state index in [1.54, 1.807) is 24.3 Å². The number of rotatable bonds is 6. The van der Waals surface area contributed by atoms with Gasteiger partial charge in [-0.15, -0.1) is 11.8 Å².